The molecule has 1 heterocycles. The van der Waals surface area contributed by atoms with Crippen molar-refractivity contribution in [1.29, 1.82) is 0 Å². The van der Waals surface area contributed by atoms with E-state index in [1.165, 1.54) is 24.8 Å². The standard InChI is InChI=1S/C24H30N2O2/c27-24(26-16-5-15-25(17-18-26)22-6-4-7-22)21-12-10-20(11-13-21)14-19-28-23-8-2-1-3-9-23/h1-3,8-13,22H,4-7,14-19H2. The highest BCUT2D eigenvalue weighted by Crippen LogP contribution is 2.25. The first kappa shape index (κ1) is 19.0. The van der Waals surface area contributed by atoms with Crippen LogP contribution in [0, 0.1) is 0 Å². The summed E-state index contributed by atoms with van der Waals surface area (Å²) in [4.78, 5) is 17.5. The lowest BCUT2D eigenvalue weighted by Crippen LogP contribution is -2.42. The van der Waals surface area contributed by atoms with Crippen LogP contribution in [0.5, 0.6) is 5.75 Å². The van der Waals surface area contributed by atoms with Gasteiger partial charge in [0.2, 0.25) is 0 Å². The molecule has 148 valence electrons. The van der Waals surface area contributed by atoms with Gasteiger partial charge in [-0.15, -0.1) is 0 Å². The van der Waals surface area contributed by atoms with Crippen LogP contribution in [0.1, 0.15) is 41.6 Å². The van der Waals surface area contributed by atoms with Gasteiger partial charge in [-0.05, 0) is 49.1 Å². The molecule has 0 spiro atoms. The van der Waals surface area contributed by atoms with E-state index in [9.17, 15) is 4.79 Å². The molecule has 2 aromatic carbocycles. The van der Waals surface area contributed by atoms with Crippen molar-refractivity contribution < 1.29 is 9.53 Å². The summed E-state index contributed by atoms with van der Waals surface area (Å²) >= 11 is 0. The average molecular weight is 379 g/mol. The normalized spacial score (nSPS) is 18.4. The number of nitrogens with zero attached hydrogens (tertiary/aromatic N) is 2. The summed E-state index contributed by atoms with van der Waals surface area (Å²) in [7, 11) is 0. The Morgan fingerprint density at radius 2 is 1.68 bits per heavy atom. The monoisotopic (exact) mass is 378 g/mol. The summed E-state index contributed by atoms with van der Waals surface area (Å²) in [5.74, 6) is 1.06. The molecule has 0 atom stereocenters. The fraction of sp³-hybridized carbons (Fsp3) is 0.458. The Hall–Kier alpha value is -2.33. The van der Waals surface area contributed by atoms with E-state index in [4.69, 9.17) is 4.74 Å². The van der Waals surface area contributed by atoms with Gasteiger partial charge in [-0.25, -0.2) is 0 Å². The fourth-order valence-electron chi connectivity index (χ4n) is 4.06. The molecule has 2 fully saturated rings. The van der Waals surface area contributed by atoms with E-state index in [1.807, 2.05) is 47.4 Å². The first-order valence-corrected chi connectivity index (χ1v) is 10.6. The fourth-order valence-corrected chi connectivity index (χ4v) is 4.06. The molecule has 4 nitrogen and oxygen atoms in total. The number of carbonyl (C=O) groups excluding carboxylic acids is 1. The van der Waals surface area contributed by atoms with E-state index in [-0.39, 0.29) is 5.91 Å². The molecule has 1 saturated carbocycles. The maximum absolute atomic E-state index is 12.9. The molecule has 0 unspecified atom stereocenters. The molecule has 0 radical (unpaired) electrons. The number of hydrogen-bond donors (Lipinski definition) is 0. The highest BCUT2D eigenvalue weighted by Gasteiger charge is 2.27. The number of benzene rings is 2. The third kappa shape index (κ3) is 4.74. The minimum absolute atomic E-state index is 0.169. The van der Waals surface area contributed by atoms with E-state index in [0.717, 1.165) is 56.4 Å². The zero-order chi connectivity index (χ0) is 19.2. The molecule has 1 saturated heterocycles. The summed E-state index contributed by atoms with van der Waals surface area (Å²) in [6.07, 6.45) is 5.96. The Morgan fingerprint density at radius 1 is 0.893 bits per heavy atom. The molecule has 1 aliphatic carbocycles. The third-order valence-electron chi connectivity index (χ3n) is 6.01. The van der Waals surface area contributed by atoms with Crippen LogP contribution in [0.2, 0.25) is 0 Å². The summed E-state index contributed by atoms with van der Waals surface area (Å²) in [5.41, 5.74) is 1.99. The Labute approximate surface area is 168 Å². The van der Waals surface area contributed by atoms with Gasteiger partial charge in [-0.3, -0.25) is 9.69 Å². The summed E-state index contributed by atoms with van der Waals surface area (Å²) in [6, 6.07) is 18.7. The van der Waals surface area contributed by atoms with Crippen LogP contribution in [-0.4, -0.2) is 54.5 Å². The van der Waals surface area contributed by atoms with Gasteiger partial charge in [-0.1, -0.05) is 36.8 Å². The second-order valence-corrected chi connectivity index (χ2v) is 7.87. The van der Waals surface area contributed by atoms with E-state index >= 15 is 0 Å². The maximum Gasteiger partial charge on any atom is 0.253 e. The predicted octanol–water partition coefficient (Wildman–Crippen LogP) is 4.01. The van der Waals surface area contributed by atoms with Crippen LogP contribution >= 0.6 is 0 Å². The van der Waals surface area contributed by atoms with Gasteiger partial charge >= 0.3 is 0 Å². The van der Waals surface area contributed by atoms with Gasteiger partial charge in [0, 0.05) is 44.2 Å². The third-order valence-corrected chi connectivity index (χ3v) is 6.01. The van der Waals surface area contributed by atoms with Crippen molar-refractivity contribution in [1.82, 2.24) is 9.80 Å². The van der Waals surface area contributed by atoms with Crippen molar-refractivity contribution in [3.05, 3.63) is 65.7 Å². The lowest BCUT2D eigenvalue weighted by molar-refractivity contribution is 0.0749. The van der Waals surface area contributed by atoms with Gasteiger partial charge in [-0.2, -0.15) is 0 Å². The SMILES string of the molecule is O=C(c1ccc(CCOc2ccccc2)cc1)N1CCCN(C2CCC2)CC1. The molecule has 2 aromatic rings. The number of hydrogen-bond acceptors (Lipinski definition) is 3. The van der Waals surface area contributed by atoms with Crippen LogP contribution in [-0.2, 0) is 6.42 Å². The molecular formula is C24H30N2O2. The minimum Gasteiger partial charge on any atom is -0.493 e. The van der Waals surface area contributed by atoms with Crippen LogP contribution < -0.4 is 4.74 Å². The predicted molar refractivity (Wildman–Crippen MR) is 112 cm³/mol. The molecule has 0 bridgehead atoms. The van der Waals surface area contributed by atoms with Crippen molar-refractivity contribution in [3.63, 3.8) is 0 Å². The highest BCUT2D eigenvalue weighted by molar-refractivity contribution is 5.94. The first-order valence-electron chi connectivity index (χ1n) is 10.6. The Morgan fingerprint density at radius 3 is 2.39 bits per heavy atom. The Bertz CT molecular complexity index is 756. The van der Waals surface area contributed by atoms with Crippen molar-refractivity contribution in [3.8, 4) is 5.75 Å². The van der Waals surface area contributed by atoms with Crippen LogP contribution in [0.3, 0.4) is 0 Å². The highest BCUT2D eigenvalue weighted by atomic mass is 16.5. The average Bonchev–Trinajstić information content (AvgIpc) is 2.94. The van der Waals surface area contributed by atoms with E-state index in [1.54, 1.807) is 0 Å². The molecule has 0 N–H and O–H groups in total. The molecular weight excluding hydrogens is 348 g/mol. The summed E-state index contributed by atoms with van der Waals surface area (Å²) in [6.45, 7) is 4.51. The van der Waals surface area contributed by atoms with Crippen molar-refractivity contribution in [2.45, 2.75) is 38.1 Å². The Kier molecular flexibility index (Phi) is 6.27. The molecule has 0 aromatic heterocycles. The van der Waals surface area contributed by atoms with Crippen molar-refractivity contribution in [2.75, 3.05) is 32.8 Å². The molecule has 28 heavy (non-hydrogen) atoms. The van der Waals surface area contributed by atoms with Gasteiger partial charge in [0.15, 0.2) is 0 Å². The number of para-hydroxylation sites is 1. The smallest absolute Gasteiger partial charge is 0.253 e. The van der Waals surface area contributed by atoms with Crippen molar-refractivity contribution in [2.24, 2.45) is 0 Å². The lowest BCUT2D eigenvalue weighted by atomic mass is 9.91. The second-order valence-electron chi connectivity index (χ2n) is 7.87. The minimum atomic E-state index is 0.169. The van der Waals surface area contributed by atoms with Crippen LogP contribution in [0.15, 0.2) is 54.6 Å². The Balaban J connectivity index is 1.27. The molecule has 4 heteroatoms. The zero-order valence-corrected chi connectivity index (χ0v) is 16.6. The summed E-state index contributed by atoms with van der Waals surface area (Å²) < 4.78 is 5.76. The van der Waals surface area contributed by atoms with E-state index in [2.05, 4.69) is 17.0 Å². The van der Waals surface area contributed by atoms with Crippen molar-refractivity contribution >= 4 is 5.91 Å². The zero-order valence-electron chi connectivity index (χ0n) is 16.6. The quantitative estimate of drug-likeness (QED) is 0.761. The number of rotatable bonds is 6. The maximum atomic E-state index is 12.9. The molecule has 4 rings (SSSR count). The summed E-state index contributed by atoms with van der Waals surface area (Å²) in [5, 5.41) is 0. The molecule has 1 amide bonds. The van der Waals surface area contributed by atoms with Gasteiger partial charge in [0.05, 0.1) is 6.61 Å². The number of ether oxygens (including phenoxy) is 1. The number of carbonyl (C=O) groups is 1. The topological polar surface area (TPSA) is 32.8 Å². The van der Waals surface area contributed by atoms with Gasteiger partial charge in [0.25, 0.3) is 5.91 Å². The lowest BCUT2D eigenvalue weighted by Gasteiger charge is -2.36. The van der Waals surface area contributed by atoms with Crippen LogP contribution in [0.4, 0.5) is 0 Å². The first-order chi connectivity index (χ1) is 13.8. The second kappa shape index (κ2) is 9.24. The molecule has 2 aliphatic rings. The molecule has 1 aliphatic heterocycles. The van der Waals surface area contributed by atoms with Crippen LogP contribution in [0.25, 0.3) is 0 Å². The number of amides is 1. The van der Waals surface area contributed by atoms with E-state index < -0.39 is 0 Å². The largest absolute Gasteiger partial charge is 0.493 e. The van der Waals surface area contributed by atoms with E-state index in [0.29, 0.717) is 6.61 Å². The van der Waals surface area contributed by atoms with Gasteiger partial charge in [0.1, 0.15) is 5.75 Å². The van der Waals surface area contributed by atoms with Gasteiger partial charge < -0.3 is 9.64 Å².